The molecule has 0 fully saturated rings. The van der Waals surface area contributed by atoms with E-state index >= 15 is 0 Å². The van der Waals surface area contributed by atoms with Crippen LogP contribution in [0.5, 0.6) is 0 Å². The molecule has 4 nitrogen and oxygen atoms in total. The van der Waals surface area contributed by atoms with Crippen molar-refractivity contribution in [2.45, 2.75) is 45.7 Å². The summed E-state index contributed by atoms with van der Waals surface area (Å²) in [4.78, 5) is 4.34. The lowest BCUT2D eigenvalue weighted by Crippen LogP contribution is -2.40. The Labute approximate surface area is 122 Å². The van der Waals surface area contributed by atoms with Gasteiger partial charge in [0.15, 0.2) is 5.96 Å². The molecule has 1 unspecified atom stereocenters. The van der Waals surface area contributed by atoms with Gasteiger partial charge in [0.05, 0.1) is 13.2 Å². The number of rotatable bonds is 5. The van der Waals surface area contributed by atoms with Gasteiger partial charge < -0.3 is 15.8 Å². The van der Waals surface area contributed by atoms with E-state index in [4.69, 9.17) is 10.5 Å². The fourth-order valence-electron chi connectivity index (χ4n) is 1.88. The first-order valence-electron chi connectivity index (χ1n) is 6.97. The van der Waals surface area contributed by atoms with E-state index in [1.165, 1.54) is 5.56 Å². The summed E-state index contributed by atoms with van der Waals surface area (Å²) in [5.41, 5.74) is 8.49. The number of hydrogen-bond donors (Lipinski definition) is 2. The SMILES string of the molecule is COCC(C)NC(N)=NCc1ccc(C(C)(C)C)cc1. The molecule has 0 amide bonds. The van der Waals surface area contributed by atoms with Crippen molar-refractivity contribution < 1.29 is 4.74 Å². The fraction of sp³-hybridized carbons (Fsp3) is 0.562. The lowest BCUT2D eigenvalue weighted by Gasteiger charge is -2.19. The standard InChI is InChI=1S/C16H27N3O/c1-12(11-20-5)19-15(17)18-10-13-6-8-14(9-7-13)16(2,3)4/h6-9,12H,10-11H2,1-5H3,(H3,17,18,19). The lowest BCUT2D eigenvalue weighted by molar-refractivity contribution is 0.179. The molecule has 20 heavy (non-hydrogen) atoms. The number of guanidine groups is 1. The Hall–Kier alpha value is -1.55. The maximum Gasteiger partial charge on any atom is 0.189 e. The van der Waals surface area contributed by atoms with E-state index in [1.54, 1.807) is 7.11 Å². The van der Waals surface area contributed by atoms with Crippen LogP contribution in [0.25, 0.3) is 0 Å². The number of nitrogens with zero attached hydrogens (tertiary/aromatic N) is 1. The third-order valence-electron chi connectivity index (χ3n) is 3.06. The quantitative estimate of drug-likeness (QED) is 0.642. The van der Waals surface area contributed by atoms with Gasteiger partial charge in [-0.15, -0.1) is 0 Å². The summed E-state index contributed by atoms with van der Waals surface area (Å²) in [5, 5.41) is 3.09. The van der Waals surface area contributed by atoms with Gasteiger partial charge in [-0.3, -0.25) is 0 Å². The van der Waals surface area contributed by atoms with Crippen LogP contribution < -0.4 is 11.1 Å². The van der Waals surface area contributed by atoms with Crippen molar-refractivity contribution in [2.75, 3.05) is 13.7 Å². The Bertz CT molecular complexity index is 432. The second kappa shape index (κ2) is 7.29. The second-order valence-corrected chi connectivity index (χ2v) is 6.15. The highest BCUT2D eigenvalue weighted by Gasteiger charge is 2.12. The molecule has 1 rings (SSSR count). The molecule has 1 atom stereocenters. The third-order valence-corrected chi connectivity index (χ3v) is 3.06. The zero-order valence-electron chi connectivity index (χ0n) is 13.2. The highest BCUT2D eigenvalue weighted by atomic mass is 16.5. The highest BCUT2D eigenvalue weighted by Crippen LogP contribution is 2.22. The summed E-state index contributed by atoms with van der Waals surface area (Å²) in [7, 11) is 1.67. The van der Waals surface area contributed by atoms with Crippen LogP contribution in [0.3, 0.4) is 0 Å². The molecule has 112 valence electrons. The van der Waals surface area contributed by atoms with Gasteiger partial charge in [-0.1, -0.05) is 45.0 Å². The molecule has 0 aliphatic heterocycles. The summed E-state index contributed by atoms with van der Waals surface area (Å²) >= 11 is 0. The smallest absolute Gasteiger partial charge is 0.189 e. The van der Waals surface area contributed by atoms with Crippen molar-refractivity contribution in [2.24, 2.45) is 10.7 Å². The summed E-state index contributed by atoms with van der Waals surface area (Å²) in [6.45, 7) is 9.82. The number of hydrogen-bond acceptors (Lipinski definition) is 2. The number of nitrogens with two attached hydrogens (primary N) is 1. The van der Waals surface area contributed by atoms with E-state index in [2.05, 4.69) is 55.3 Å². The van der Waals surface area contributed by atoms with Gasteiger partial charge in [-0.25, -0.2) is 4.99 Å². The molecular formula is C16H27N3O. The molecule has 0 saturated heterocycles. The van der Waals surface area contributed by atoms with Gasteiger partial charge in [0.2, 0.25) is 0 Å². The molecule has 0 bridgehead atoms. The van der Waals surface area contributed by atoms with Gasteiger partial charge in [0.25, 0.3) is 0 Å². The van der Waals surface area contributed by atoms with Crippen LogP contribution in [0.15, 0.2) is 29.3 Å². The average Bonchev–Trinajstić information content (AvgIpc) is 2.36. The molecule has 0 aliphatic rings. The summed E-state index contributed by atoms with van der Waals surface area (Å²) < 4.78 is 5.04. The van der Waals surface area contributed by atoms with E-state index in [9.17, 15) is 0 Å². The molecule has 4 heteroatoms. The predicted octanol–water partition coefficient (Wildman–Crippen LogP) is 2.42. The van der Waals surface area contributed by atoms with Crippen LogP contribution in [0.4, 0.5) is 0 Å². The first-order chi connectivity index (χ1) is 9.32. The van der Waals surface area contributed by atoms with Gasteiger partial charge >= 0.3 is 0 Å². The van der Waals surface area contributed by atoms with Crippen molar-refractivity contribution in [1.29, 1.82) is 0 Å². The number of ether oxygens (including phenoxy) is 1. The first kappa shape index (κ1) is 16.5. The molecule has 0 heterocycles. The summed E-state index contributed by atoms with van der Waals surface area (Å²) in [6.07, 6.45) is 0. The maximum absolute atomic E-state index is 5.84. The molecular weight excluding hydrogens is 250 g/mol. The van der Waals surface area contributed by atoms with Crippen LogP contribution in [-0.2, 0) is 16.7 Å². The normalized spacial score (nSPS) is 14.2. The zero-order valence-corrected chi connectivity index (χ0v) is 13.2. The Balaban J connectivity index is 2.57. The van der Waals surface area contributed by atoms with Crippen molar-refractivity contribution in [3.05, 3.63) is 35.4 Å². The molecule has 0 aromatic heterocycles. The van der Waals surface area contributed by atoms with E-state index in [0.717, 1.165) is 5.56 Å². The number of aliphatic imine (C=N–C) groups is 1. The van der Waals surface area contributed by atoms with Gasteiger partial charge in [-0.2, -0.15) is 0 Å². The molecule has 0 spiro atoms. The third kappa shape index (κ3) is 5.61. The minimum atomic E-state index is 0.159. The van der Waals surface area contributed by atoms with Crippen LogP contribution >= 0.6 is 0 Å². The van der Waals surface area contributed by atoms with Crippen LogP contribution in [0.2, 0.25) is 0 Å². The maximum atomic E-state index is 5.84. The largest absolute Gasteiger partial charge is 0.383 e. The monoisotopic (exact) mass is 277 g/mol. The minimum absolute atomic E-state index is 0.159. The molecule has 0 radical (unpaired) electrons. The van der Waals surface area contributed by atoms with Crippen LogP contribution in [0, 0.1) is 0 Å². The topological polar surface area (TPSA) is 59.6 Å². The van der Waals surface area contributed by atoms with E-state index in [-0.39, 0.29) is 11.5 Å². The molecule has 0 saturated carbocycles. The average molecular weight is 277 g/mol. The fourth-order valence-corrected chi connectivity index (χ4v) is 1.88. The van der Waals surface area contributed by atoms with Gasteiger partial charge in [-0.05, 0) is 23.5 Å². The van der Waals surface area contributed by atoms with Crippen LogP contribution in [-0.4, -0.2) is 25.7 Å². The van der Waals surface area contributed by atoms with E-state index in [0.29, 0.717) is 19.1 Å². The first-order valence-corrected chi connectivity index (χ1v) is 6.97. The minimum Gasteiger partial charge on any atom is -0.383 e. The van der Waals surface area contributed by atoms with Crippen molar-refractivity contribution in [1.82, 2.24) is 5.32 Å². The van der Waals surface area contributed by atoms with Gasteiger partial charge in [0, 0.05) is 13.2 Å². The lowest BCUT2D eigenvalue weighted by atomic mass is 9.87. The Morgan fingerprint density at radius 2 is 1.90 bits per heavy atom. The predicted molar refractivity (Wildman–Crippen MR) is 84.9 cm³/mol. The number of methoxy groups -OCH3 is 1. The molecule has 0 aliphatic carbocycles. The van der Waals surface area contributed by atoms with E-state index in [1.807, 2.05) is 6.92 Å². The Morgan fingerprint density at radius 3 is 2.40 bits per heavy atom. The number of nitrogens with one attached hydrogen (secondary N) is 1. The van der Waals surface area contributed by atoms with Crippen molar-refractivity contribution in [3.63, 3.8) is 0 Å². The van der Waals surface area contributed by atoms with Crippen molar-refractivity contribution in [3.8, 4) is 0 Å². The number of benzene rings is 1. The Morgan fingerprint density at radius 1 is 1.30 bits per heavy atom. The van der Waals surface area contributed by atoms with Crippen LogP contribution in [0.1, 0.15) is 38.8 Å². The molecule has 1 aromatic rings. The molecule has 1 aromatic carbocycles. The highest BCUT2D eigenvalue weighted by molar-refractivity contribution is 5.78. The van der Waals surface area contributed by atoms with Gasteiger partial charge in [0.1, 0.15) is 0 Å². The molecule has 3 N–H and O–H groups in total. The summed E-state index contributed by atoms with van der Waals surface area (Å²) in [5.74, 6) is 0.453. The summed E-state index contributed by atoms with van der Waals surface area (Å²) in [6, 6.07) is 8.68. The second-order valence-electron chi connectivity index (χ2n) is 6.15. The Kier molecular flexibility index (Phi) is 6.02. The van der Waals surface area contributed by atoms with Crippen molar-refractivity contribution >= 4 is 5.96 Å². The zero-order chi connectivity index (χ0) is 15.2. The van der Waals surface area contributed by atoms with E-state index < -0.39 is 0 Å².